The normalized spacial score (nSPS) is 30.3. The molecule has 1 aliphatic carbocycles. The first-order chi connectivity index (χ1) is 10.9. The van der Waals surface area contributed by atoms with Gasteiger partial charge in [0.15, 0.2) is 0 Å². The molecule has 1 atom stereocenters. The molecule has 4 rings (SSSR count). The van der Waals surface area contributed by atoms with E-state index in [-0.39, 0.29) is 5.41 Å². The summed E-state index contributed by atoms with van der Waals surface area (Å²) in [6, 6.07) is 7.28. The molecule has 0 aromatic heterocycles. The van der Waals surface area contributed by atoms with Gasteiger partial charge in [-0.25, -0.2) is 0 Å². The van der Waals surface area contributed by atoms with Gasteiger partial charge in [0.05, 0.1) is 17.8 Å². The van der Waals surface area contributed by atoms with Crippen molar-refractivity contribution in [2.45, 2.75) is 57.2 Å². The highest BCUT2D eigenvalue weighted by Gasteiger charge is 2.69. The Morgan fingerprint density at radius 3 is 2.74 bits per heavy atom. The summed E-state index contributed by atoms with van der Waals surface area (Å²) in [5.74, 6) is 0.594. The summed E-state index contributed by atoms with van der Waals surface area (Å²) in [5.41, 5.74) is -0.496. The Bertz CT molecular complexity index is 728. The quantitative estimate of drug-likeness (QED) is 0.733. The molecule has 23 heavy (non-hydrogen) atoms. The van der Waals surface area contributed by atoms with Crippen LogP contribution in [0.1, 0.15) is 51.5 Å². The van der Waals surface area contributed by atoms with E-state index in [0.717, 1.165) is 37.2 Å². The lowest BCUT2D eigenvalue weighted by molar-refractivity contribution is -0.293. The zero-order valence-electron chi connectivity index (χ0n) is 13.5. The zero-order chi connectivity index (χ0) is 16.3. The summed E-state index contributed by atoms with van der Waals surface area (Å²) in [7, 11) is 0. The number of hydroxylamine groups is 2. The third kappa shape index (κ3) is 1.82. The highest BCUT2D eigenvalue weighted by atomic mass is 16.6. The first kappa shape index (κ1) is 14.7. The molecule has 2 heterocycles. The van der Waals surface area contributed by atoms with Gasteiger partial charge >= 0.3 is 0 Å². The van der Waals surface area contributed by atoms with Crippen LogP contribution in [0.15, 0.2) is 23.2 Å². The molecule has 0 bridgehead atoms. The molecule has 0 unspecified atom stereocenters. The predicted octanol–water partition coefficient (Wildman–Crippen LogP) is 3.74. The molecule has 2 spiro atoms. The van der Waals surface area contributed by atoms with Crippen LogP contribution in [0, 0.1) is 16.7 Å². The monoisotopic (exact) mass is 310 g/mol. The van der Waals surface area contributed by atoms with Crippen molar-refractivity contribution in [2.75, 3.05) is 0 Å². The Labute approximate surface area is 136 Å². The second-order valence-electron chi connectivity index (χ2n) is 7.62. The minimum absolute atomic E-state index is 0.173. The topological polar surface area (TPSA) is 68.5 Å². The molecule has 1 aromatic carbocycles. The molecule has 2 aliphatic heterocycles. The minimum Gasteiger partial charge on any atom is -0.462 e. The van der Waals surface area contributed by atoms with Crippen molar-refractivity contribution in [3.8, 4) is 11.8 Å². The average Bonchev–Trinajstić information content (AvgIpc) is 3.06. The van der Waals surface area contributed by atoms with E-state index in [4.69, 9.17) is 10.00 Å². The summed E-state index contributed by atoms with van der Waals surface area (Å²) in [4.78, 5) is 4.53. The van der Waals surface area contributed by atoms with Crippen LogP contribution in [-0.2, 0) is 5.21 Å². The van der Waals surface area contributed by atoms with E-state index in [1.54, 1.807) is 24.4 Å². The van der Waals surface area contributed by atoms with Crippen LogP contribution in [0.5, 0.6) is 5.75 Å². The fraction of sp³-hybridized carbons (Fsp3) is 0.556. The lowest BCUT2D eigenvalue weighted by Gasteiger charge is -2.44. The second kappa shape index (κ2) is 4.56. The van der Waals surface area contributed by atoms with E-state index in [2.05, 4.69) is 11.1 Å². The second-order valence-corrected chi connectivity index (χ2v) is 7.62. The van der Waals surface area contributed by atoms with E-state index >= 15 is 0 Å². The third-order valence-corrected chi connectivity index (χ3v) is 5.68. The minimum atomic E-state index is -1.02. The average molecular weight is 310 g/mol. The standard InChI is InChI=1S/C18H20N3O2/c1-16(2)11-17(7-3-4-8-17)18(21(16)22)12-20-14-9-13(10-19)5-6-15(14)23-18/h5-6,9,12H,3-4,7-8,11H2,1-2H3/t18-/m1/s1. The number of nitrogens with zero attached hydrogens (tertiary/aromatic N) is 3. The van der Waals surface area contributed by atoms with Gasteiger partial charge in [0.1, 0.15) is 11.4 Å². The molecule has 1 saturated carbocycles. The molecule has 119 valence electrons. The lowest BCUT2D eigenvalue weighted by Crippen LogP contribution is -2.60. The number of fused-ring (bicyclic) bond motifs is 2. The SMILES string of the molecule is CC1(C)CC2(CCCC2)[C@]2(C=Nc3cc(C#N)ccc3O2)N1[O]. The Balaban J connectivity index is 1.83. The van der Waals surface area contributed by atoms with Crippen molar-refractivity contribution in [1.82, 2.24) is 5.06 Å². The number of hydrogen-bond donors (Lipinski definition) is 0. The van der Waals surface area contributed by atoms with Crippen LogP contribution in [0.4, 0.5) is 5.69 Å². The van der Waals surface area contributed by atoms with E-state index in [0.29, 0.717) is 17.0 Å². The molecule has 0 amide bonds. The number of hydrogen-bond acceptors (Lipinski definition) is 4. The smallest absolute Gasteiger partial charge is 0.229 e. The largest absolute Gasteiger partial charge is 0.462 e. The number of rotatable bonds is 0. The predicted molar refractivity (Wildman–Crippen MR) is 84.8 cm³/mol. The molecule has 3 aliphatic rings. The molecular weight excluding hydrogens is 290 g/mol. The van der Waals surface area contributed by atoms with Crippen molar-refractivity contribution < 1.29 is 9.94 Å². The van der Waals surface area contributed by atoms with Crippen molar-refractivity contribution in [3.05, 3.63) is 23.8 Å². The first-order valence-corrected chi connectivity index (χ1v) is 8.18. The van der Waals surface area contributed by atoms with Crippen LogP contribution in [0.25, 0.3) is 0 Å². The van der Waals surface area contributed by atoms with Crippen LogP contribution in [0.2, 0.25) is 0 Å². The van der Waals surface area contributed by atoms with Gasteiger partial charge in [0, 0.05) is 11.0 Å². The van der Waals surface area contributed by atoms with Gasteiger partial charge in [0.2, 0.25) is 5.72 Å². The van der Waals surface area contributed by atoms with Gasteiger partial charge in [-0.1, -0.05) is 12.8 Å². The van der Waals surface area contributed by atoms with Crippen LogP contribution in [-0.4, -0.2) is 22.5 Å². The molecule has 2 fully saturated rings. The van der Waals surface area contributed by atoms with Crippen LogP contribution >= 0.6 is 0 Å². The molecule has 1 radical (unpaired) electrons. The molecular formula is C18H20N3O2. The molecule has 1 aromatic rings. The number of benzene rings is 1. The van der Waals surface area contributed by atoms with Gasteiger partial charge < -0.3 is 4.74 Å². The summed E-state index contributed by atoms with van der Waals surface area (Å²) in [6.45, 7) is 3.97. The Hall–Kier alpha value is -1.90. The van der Waals surface area contributed by atoms with Gasteiger partial charge in [-0.3, -0.25) is 4.99 Å². The maximum Gasteiger partial charge on any atom is 0.229 e. The fourth-order valence-electron chi connectivity index (χ4n) is 4.74. The summed E-state index contributed by atoms with van der Waals surface area (Å²) < 4.78 is 6.32. The zero-order valence-corrected chi connectivity index (χ0v) is 13.5. The van der Waals surface area contributed by atoms with E-state index < -0.39 is 11.3 Å². The Morgan fingerprint density at radius 1 is 1.30 bits per heavy atom. The number of ether oxygens (including phenoxy) is 1. The van der Waals surface area contributed by atoms with Crippen LogP contribution < -0.4 is 4.74 Å². The lowest BCUT2D eigenvalue weighted by atomic mass is 9.73. The maximum atomic E-state index is 13.1. The molecule has 0 N–H and O–H groups in total. The van der Waals surface area contributed by atoms with E-state index in [1.165, 1.54) is 0 Å². The van der Waals surface area contributed by atoms with Gasteiger partial charge in [-0.15, -0.1) is 10.3 Å². The Morgan fingerprint density at radius 2 is 2.04 bits per heavy atom. The third-order valence-electron chi connectivity index (χ3n) is 5.68. The number of nitriles is 1. The number of aliphatic imine (C=N–C) groups is 1. The maximum absolute atomic E-state index is 13.1. The van der Waals surface area contributed by atoms with Crippen LogP contribution in [0.3, 0.4) is 0 Å². The molecule has 1 saturated heterocycles. The summed E-state index contributed by atoms with van der Waals surface area (Å²) >= 11 is 0. The fourth-order valence-corrected chi connectivity index (χ4v) is 4.74. The van der Waals surface area contributed by atoms with E-state index in [9.17, 15) is 5.21 Å². The van der Waals surface area contributed by atoms with Crippen molar-refractivity contribution in [2.24, 2.45) is 10.4 Å². The van der Waals surface area contributed by atoms with Gasteiger partial charge in [-0.05, 0) is 51.3 Å². The Kier molecular flexibility index (Phi) is 2.91. The van der Waals surface area contributed by atoms with Crippen molar-refractivity contribution in [3.63, 3.8) is 0 Å². The summed E-state index contributed by atoms with van der Waals surface area (Å²) in [6.07, 6.45) is 6.76. The highest BCUT2D eigenvalue weighted by Crippen LogP contribution is 2.61. The van der Waals surface area contributed by atoms with E-state index in [1.807, 2.05) is 13.8 Å². The molecule has 5 heteroatoms. The van der Waals surface area contributed by atoms with Crippen molar-refractivity contribution in [1.29, 1.82) is 5.26 Å². The molecule has 5 nitrogen and oxygen atoms in total. The first-order valence-electron chi connectivity index (χ1n) is 8.18. The van der Waals surface area contributed by atoms with Gasteiger partial charge in [0.25, 0.3) is 0 Å². The highest BCUT2D eigenvalue weighted by molar-refractivity contribution is 5.79. The van der Waals surface area contributed by atoms with Gasteiger partial charge in [-0.2, -0.15) is 5.26 Å². The van der Waals surface area contributed by atoms with Crippen molar-refractivity contribution >= 4 is 11.9 Å². The summed E-state index contributed by atoms with van der Waals surface area (Å²) in [5, 5.41) is 23.3.